The summed E-state index contributed by atoms with van der Waals surface area (Å²) in [5.74, 6) is 0.956. The third-order valence-electron chi connectivity index (χ3n) is 3.30. The van der Waals surface area contributed by atoms with E-state index in [1.165, 1.54) is 0 Å². The van der Waals surface area contributed by atoms with Crippen LogP contribution in [0, 0.1) is 11.3 Å². The molecule has 0 spiro atoms. The lowest BCUT2D eigenvalue weighted by Crippen LogP contribution is -2.02. The first kappa shape index (κ1) is 17.3. The van der Waals surface area contributed by atoms with Crippen LogP contribution in [-0.2, 0) is 0 Å². The van der Waals surface area contributed by atoms with Crippen LogP contribution in [0.2, 0.25) is 0 Å². The Morgan fingerprint density at radius 2 is 1.79 bits per heavy atom. The smallest absolute Gasteiger partial charge is 0.203 e. The number of nitriles is 1. The molecular weight excluding hydrogens is 302 g/mol. The Hall–Kier alpha value is -3.06. The van der Waals surface area contributed by atoms with E-state index < -0.39 is 0 Å². The van der Waals surface area contributed by atoms with Crippen molar-refractivity contribution in [3.8, 4) is 17.6 Å². The monoisotopic (exact) mass is 321 g/mol. The van der Waals surface area contributed by atoms with Gasteiger partial charge in [-0.2, -0.15) is 5.26 Å². The van der Waals surface area contributed by atoms with Crippen LogP contribution in [-0.4, -0.2) is 19.0 Å². The summed E-state index contributed by atoms with van der Waals surface area (Å²) < 4.78 is 11.1. The first-order valence-corrected chi connectivity index (χ1v) is 7.80. The van der Waals surface area contributed by atoms with Crippen molar-refractivity contribution < 1.29 is 14.3 Å². The number of benzene rings is 2. The topological polar surface area (TPSA) is 59.3 Å². The summed E-state index contributed by atoms with van der Waals surface area (Å²) in [6.07, 6.45) is 1.55. The Labute approximate surface area is 141 Å². The van der Waals surface area contributed by atoms with Crippen LogP contribution in [0.5, 0.6) is 11.5 Å². The van der Waals surface area contributed by atoms with Crippen LogP contribution in [0.3, 0.4) is 0 Å². The van der Waals surface area contributed by atoms with Gasteiger partial charge >= 0.3 is 0 Å². The zero-order valence-electron chi connectivity index (χ0n) is 13.8. The number of hydrogen-bond donors (Lipinski definition) is 0. The van der Waals surface area contributed by atoms with Crippen molar-refractivity contribution in [2.24, 2.45) is 0 Å². The minimum absolute atomic E-state index is 0.0614. The van der Waals surface area contributed by atoms with Crippen molar-refractivity contribution in [2.75, 3.05) is 13.2 Å². The molecule has 0 saturated carbocycles. The molecule has 0 aliphatic carbocycles. The average molecular weight is 321 g/mol. The van der Waals surface area contributed by atoms with E-state index in [4.69, 9.17) is 9.47 Å². The molecule has 2 aromatic rings. The average Bonchev–Trinajstić information content (AvgIpc) is 2.62. The zero-order chi connectivity index (χ0) is 17.4. The van der Waals surface area contributed by atoms with Crippen molar-refractivity contribution in [3.05, 3.63) is 65.2 Å². The van der Waals surface area contributed by atoms with Crippen LogP contribution in [0.25, 0.3) is 6.08 Å². The van der Waals surface area contributed by atoms with Gasteiger partial charge in [-0.3, -0.25) is 4.79 Å². The molecule has 0 atom stereocenters. The number of ether oxygens (including phenoxy) is 2. The molecular formula is C20H19NO3. The molecule has 2 rings (SSSR count). The SMILES string of the molecule is CCOc1ccc(/C=C(\C#N)C(=O)c2ccccc2)c(OCC)c1. The van der Waals surface area contributed by atoms with E-state index in [9.17, 15) is 10.1 Å². The van der Waals surface area contributed by atoms with E-state index >= 15 is 0 Å². The van der Waals surface area contributed by atoms with Gasteiger partial charge in [-0.1, -0.05) is 30.3 Å². The minimum atomic E-state index is -0.311. The van der Waals surface area contributed by atoms with Crippen molar-refractivity contribution in [1.29, 1.82) is 5.26 Å². The van der Waals surface area contributed by atoms with Crippen LogP contribution in [0.1, 0.15) is 29.8 Å². The highest BCUT2D eigenvalue weighted by atomic mass is 16.5. The standard InChI is InChI=1S/C20H19NO3/c1-3-23-18-11-10-16(19(13-18)24-4-2)12-17(14-21)20(22)15-8-6-5-7-9-15/h5-13H,3-4H2,1-2H3/b17-12+. The van der Waals surface area contributed by atoms with Crippen LogP contribution in [0.15, 0.2) is 54.1 Å². The van der Waals surface area contributed by atoms with E-state index in [1.807, 2.05) is 26.0 Å². The second-order valence-corrected chi connectivity index (χ2v) is 4.93. The van der Waals surface area contributed by atoms with Crippen LogP contribution < -0.4 is 9.47 Å². The molecule has 0 unspecified atom stereocenters. The zero-order valence-corrected chi connectivity index (χ0v) is 13.8. The predicted octanol–water partition coefficient (Wildman–Crippen LogP) is 4.27. The van der Waals surface area contributed by atoms with E-state index in [1.54, 1.807) is 48.5 Å². The highest BCUT2D eigenvalue weighted by molar-refractivity contribution is 6.14. The van der Waals surface area contributed by atoms with Gasteiger partial charge in [0, 0.05) is 17.2 Å². The lowest BCUT2D eigenvalue weighted by molar-refractivity contribution is 0.104. The molecule has 0 aliphatic rings. The summed E-state index contributed by atoms with van der Waals surface area (Å²) >= 11 is 0. The Kier molecular flexibility index (Phi) is 6.16. The molecule has 4 heteroatoms. The number of Topliss-reactive ketones (excluding diaryl/α,β-unsaturated/α-hetero) is 1. The molecule has 24 heavy (non-hydrogen) atoms. The van der Waals surface area contributed by atoms with Gasteiger partial charge in [0.25, 0.3) is 0 Å². The summed E-state index contributed by atoms with van der Waals surface area (Å²) in [5, 5.41) is 9.37. The van der Waals surface area contributed by atoms with Gasteiger partial charge in [-0.25, -0.2) is 0 Å². The Bertz CT molecular complexity index is 773. The molecule has 0 aromatic heterocycles. The number of hydrogen-bond acceptors (Lipinski definition) is 4. The van der Waals surface area contributed by atoms with E-state index in [0.717, 1.165) is 0 Å². The first-order chi connectivity index (χ1) is 11.7. The summed E-state index contributed by atoms with van der Waals surface area (Å²) in [6.45, 7) is 4.81. The molecule has 0 aliphatic heterocycles. The second-order valence-electron chi connectivity index (χ2n) is 4.93. The summed E-state index contributed by atoms with van der Waals surface area (Å²) in [6, 6.07) is 16.1. The highest BCUT2D eigenvalue weighted by Gasteiger charge is 2.13. The molecule has 122 valence electrons. The molecule has 0 fully saturated rings. The van der Waals surface area contributed by atoms with Crippen LogP contribution in [0.4, 0.5) is 0 Å². The van der Waals surface area contributed by atoms with Gasteiger partial charge < -0.3 is 9.47 Å². The Morgan fingerprint density at radius 1 is 1.08 bits per heavy atom. The molecule has 2 aromatic carbocycles. The number of allylic oxidation sites excluding steroid dienone is 1. The highest BCUT2D eigenvalue weighted by Crippen LogP contribution is 2.27. The van der Waals surface area contributed by atoms with Crippen LogP contribution >= 0.6 is 0 Å². The van der Waals surface area contributed by atoms with E-state index in [-0.39, 0.29) is 11.4 Å². The third kappa shape index (κ3) is 4.23. The number of carbonyl (C=O) groups excluding carboxylic acids is 1. The maximum Gasteiger partial charge on any atom is 0.203 e. The Balaban J connectivity index is 2.40. The third-order valence-corrected chi connectivity index (χ3v) is 3.30. The van der Waals surface area contributed by atoms with Crippen molar-refractivity contribution >= 4 is 11.9 Å². The number of carbonyl (C=O) groups is 1. The van der Waals surface area contributed by atoms with Gasteiger partial charge in [0.1, 0.15) is 23.1 Å². The van der Waals surface area contributed by atoms with Gasteiger partial charge in [0.2, 0.25) is 5.78 Å². The number of nitrogens with zero attached hydrogens (tertiary/aromatic N) is 1. The van der Waals surface area contributed by atoms with Crippen molar-refractivity contribution in [3.63, 3.8) is 0 Å². The summed E-state index contributed by atoms with van der Waals surface area (Å²) in [4.78, 5) is 12.5. The number of ketones is 1. The van der Waals surface area contributed by atoms with Gasteiger partial charge in [-0.05, 0) is 32.1 Å². The lowest BCUT2D eigenvalue weighted by atomic mass is 10.0. The second kappa shape index (κ2) is 8.54. The van der Waals surface area contributed by atoms with Crippen molar-refractivity contribution in [2.45, 2.75) is 13.8 Å². The van der Waals surface area contributed by atoms with Gasteiger partial charge in [0.15, 0.2) is 0 Å². The van der Waals surface area contributed by atoms with Gasteiger partial charge in [-0.15, -0.1) is 0 Å². The van der Waals surface area contributed by atoms with E-state index in [2.05, 4.69) is 0 Å². The fourth-order valence-corrected chi connectivity index (χ4v) is 2.22. The molecule has 0 bridgehead atoms. The fourth-order valence-electron chi connectivity index (χ4n) is 2.22. The minimum Gasteiger partial charge on any atom is -0.494 e. The maximum atomic E-state index is 12.5. The predicted molar refractivity (Wildman–Crippen MR) is 93.1 cm³/mol. The molecule has 0 radical (unpaired) electrons. The largest absolute Gasteiger partial charge is 0.494 e. The fraction of sp³-hybridized carbons (Fsp3) is 0.200. The Morgan fingerprint density at radius 3 is 2.42 bits per heavy atom. The molecule has 0 amide bonds. The quantitative estimate of drug-likeness (QED) is 0.434. The summed E-state index contributed by atoms with van der Waals surface area (Å²) in [7, 11) is 0. The lowest BCUT2D eigenvalue weighted by Gasteiger charge is -2.10. The van der Waals surface area contributed by atoms with Crippen molar-refractivity contribution in [1.82, 2.24) is 0 Å². The summed E-state index contributed by atoms with van der Waals surface area (Å²) in [5.41, 5.74) is 1.21. The van der Waals surface area contributed by atoms with E-state index in [0.29, 0.717) is 35.8 Å². The van der Waals surface area contributed by atoms with Gasteiger partial charge in [0.05, 0.1) is 13.2 Å². The first-order valence-electron chi connectivity index (χ1n) is 7.80. The number of rotatable bonds is 7. The molecule has 0 N–H and O–H groups in total. The molecule has 0 saturated heterocycles. The molecule has 0 heterocycles. The maximum absolute atomic E-state index is 12.5. The normalized spacial score (nSPS) is 10.8. The molecule has 4 nitrogen and oxygen atoms in total.